The molecular formula is C20H19ClN4OS. The van der Waals surface area contributed by atoms with E-state index in [0.717, 1.165) is 42.1 Å². The first-order valence-electron chi connectivity index (χ1n) is 8.81. The lowest BCUT2D eigenvalue weighted by Gasteiger charge is -2.30. The molecule has 0 aliphatic carbocycles. The number of thioether (sulfide) groups is 1. The van der Waals surface area contributed by atoms with Gasteiger partial charge in [-0.05, 0) is 55.3 Å². The van der Waals surface area contributed by atoms with Crippen molar-refractivity contribution >= 4 is 29.3 Å². The van der Waals surface area contributed by atoms with E-state index in [1.54, 1.807) is 0 Å². The fraction of sp³-hybridized carbons (Fsp3) is 0.250. The molecule has 4 rings (SSSR count). The number of likely N-dealkylation sites (tertiary alicyclic amines) is 1. The Bertz CT molecular complexity index is 966. The predicted octanol–water partition coefficient (Wildman–Crippen LogP) is 4.22. The maximum atomic E-state index is 12.2. The third-order valence-electron chi connectivity index (χ3n) is 4.53. The second-order valence-corrected chi connectivity index (χ2v) is 7.89. The van der Waals surface area contributed by atoms with Crippen LogP contribution in [-0.2, 0) is 4.79 Å². The Kier molecular flexibility index (Phi) is 5.18. The van der Waals surface area contributed by atoms with Crippen molar-refractivity contribution in [1.82, 2.24) is 19.7 Å². The number of aromatic nitrogens is 3. The highest BCUT2D eigenvalue weighted by Gasteiger charge is 2.22. The summed E-state index contributed by atoms with van der Waals surface area (Å²) in [6, 6.07) is 15.7. The van der Waals surface area contributed by atoms with Crippen molar-refractivity contribution in [2.75, 3.05) is 18.8 Å². The summed E-state index contributed by atoms with van der Waals surface area (Å²) < 4.78 is 2.00. The summed E-state index contributed by atoms with van der Waals surface area (Å²) in [5.74, 6) is 1.25. The number of benzene rings is 2. The fourth-order valence-corrected chi connectivity index (χ4v) is 3.91. The average molecular weight is 399 g/mol. The third-order valence-corrected chi connectivity index (χ3v) is 5.69. The normalized spacial score (nSPS) is 13.5. The van der Waals surface area contributed by atoms with Crippen molar-refractivity contribution in [3.63, 3.8) is 0 Å². The van der Waals surface area contributed by atoms with Gasteiger partial charge in [0, 0.05) is 29.4 Å². The lowest BCUT2D eigenvalue weighted by Crippen LogP contribution is -2.43. The minimum Gasteiger partial charge on any atom is -0.342 e. The second kappa shape index (κ2) is 7.74. The smallest absolute Gasteiger partial charge is 0.233 e. The van der Waals surface area contributed by atoms with Crippen LogP contribution in [0.4, 0.5) is 0 Å². The molecule has 1 amide bonds. The number of carbonyl (C=O) groups excluding carboxylic acids is 1. The molecule has 1 aliphatic heterocycles. The SMILES string of the molecule is Cc1cccc(-n2c(SCC(=O)N3CCC3)nnc2-c2ccc(Cl)cc2)c1. The number of carbonyl (C=O) groups is 1. The van der Waals surface area contributed by atoms with Gasteiger partial charge in [-0.3, -0.25) is 9.36 Å². The zero-order valence-corrected chi connectivity index (χ0v) is 16.5. The van der Waals surface area contributed by atoms with Crippen LogP contribution in [0.25, 0.3) is 17.1 Å². The largest absolute Gasteiger partial charge is 0.342 e. The van der Waals surface area contributed by atoms with E-state index in [1.165, 1.54) is 11.8 Å². The molecule has 27 heavy (non-hydrogen) atoms. The summed E-state index contributed by atoms with van der Waals surface area (Å²) in [4.78, 5) is 14.1. The van der Waals surface area contributed by atoms with E-state index in [9.17, 15) is 4.79 Å². The van der Waals surface area contributed by atoms with Gasteiger partial charge in [-0.1, -0.05) is 35.5 Å². The summed E-state index contributed by atoms with van der Waals surface area (Å²) in [6.45, 7) is 3.77. The van der Waals surface area contributed by atoms with Crippen molar-refractivity contribution in [1.29, 1.82) is 0 Å². The second-order valence-electron chi connectivity index (χ2n) is 6.51. The third kappa shape index (κ3) is 3.87. The lowest BCUT2D eigenvalue weighted by atomic mass is 10.2. The molecule has 3 aromatic rings. The molecule has 0 unspecified atom stereocenters. The van der Waals surface area contributed by atoms with Crippen LogP contribution in [0.3, 0.4) is 0 Å². The summed E-state index contributed by atoms with van der Waals surface area (Å²) >= 11 is 7.45. The van der Waals surface area contributed by atoms with Crippen LogP contribution in [0.2, 0.25) is 5.02 Å². The van der Waals surface area contributed by atoms with Gasteiger partial charge in [0.2, 0.25) is 5.91 Å². The van der Waals surface area contributed by atoms with Gasteiger partial charge in [0.25, 0.3) is 0 Å². The molecule has 0 atom stereocenters. The molecule has 138 valence electrons. The molecule has 5 nitrogen and oxygen atoms in total. The number of nitrogens with zero attached hydrogens (tertiary/aromatic N) is 4. The van der Waals surface area contributed by atoms with E-state index in [1.807, 2.05) is 45.9 Å². The molecule has 0 bridgehead atoms. The summed E-state index contributed by atoms with van der Waals surface area (Å²) in [6.07, 6.45) is 1.09. The highest BCUT2D eigenvalue weighted by Crippen LogP contribution is 2.29. The van der Waals surface area contributed by atoms with E-state index in [4.69, 9.17) is 11.6 Å². The van der Waals surface area contributed by atoms with E-state index in [-0.39, 0.29) is 5.91 Å². The van der Waals surface area contributed by atoms with Crippen LogP contribution in [0.15, 0.2) is 53.7 Å². The highest BCUT2D eigenvalue weighted by molar-refractivity contribution is 7.99. The molecule has 1 fully saturated rings. The highest BCUT2D eigenvalue weighted by atomic mass is 35.5. The molecule has 0 N–H and O–H groups in total. The van der Waals surface area contributed by atoms with E-state index >= 15 is 0 Å². The van der Waals surface area contributed by atoms with Crippen LogP contribution >= 0.6 is 23.4 Å². The number of rotatable bonds is 5. The van der Waals surface area contributed by atoms with Gasteiger partial charge in [0.15, 0.2) is 11.0 Å². The topological polar surface area (TPSA) is 51.0 Å². The Balaban J connectivity index is 1.70. The molecule has 7 heteroatoms. The first-order chi connectivity index (χ1) is 13.1. The predicted molar refractivity (Wildman–Crippen MR) is 108 cm³/mol. The minimum absolute atomic E-state index is 0.151. The Labute approximate surface area is 167 Å². The lowest BCUT2D eigenvalue weighted by molar-refractivity contribution is -0.131. The van der Waals surface area contributed by atoms with Gasteiger partial charge in [-0.25, -0.2) is 0 Å². The maximum Gasteiger partial charge on any atom is 0.233 e. The summed E-state index contributed by atoms with van der Waals surface area (Å²) in [7, 11) is 0. The van der Waals surface area contributed by atoms with Gasteiger partial charge in [0.05, 0.1) is 5.75 Å². The van der Waals surface area contributed by atoms with Gasteiger partial charge in [-0.2, -0.15) is 0 Å². The van der Waals surface area contributed by atoms with E-state index in [2.05, 4.69) is 29.3 Å². The molecular weight excluding hydrogens is 380 g/mol. The summed E-state index contributed by atoms with van der Waals surface area (Å²) in [5.41, 5.74) is 3.05. The Hall–Kier alpha value is -2.31. The molecule has 2 heterocycles. The van der Waals surface area contributed by atoms with E-state index in [0.29, 0.717) is 15.9 Å². The zero-order chi connectivity index (χ0) is 18.8. The Morgan fingerprint density at radius 3 is 2.59 bits per heavy atom. The fourth-order valence-electron chi connectivity index (χ4n) is 2.93. The quantitative estimate of drug-likeness (QED) is 0.604. The van der Waals surface area contributed by atoms with Crippen molar-refractivity contribution in [2.24, 2.45) is 0 Å². The van der Waals surface area contributed by atoms with Crippen LogP contribution in [0, 0.1) is 6.92 Å². The van der Waals surface area contributed by atoms with Crippen molar-refractivity contribution < 1.29 is 4.79 Å². The van der Waals surface area contributed by atoms with Crippen LogP contribution in [0.1, 0.15) is 12.0 Å². The molecule has 2 aromatic carbocycles. The Morgan fingerprint density at radius 1 is 1.15 bits per heavy atom. The maximum absolute atomic E-state index is 12.2. The number of aryl methyl sites for hydroxylation is 1. The number of amides is 1. The Morgan fingerprint density at radius 2 is 1.93 bits per heavy atom. The van der Waals surface area contributed by atoms with Crippen molar-refractivity contribution in [2.45, 2.75) is 18.5 Å². The summed E-state index contributed by atoms with van der Waals surface area (Å²) in [5, 5.41) is 10.2. The van der Waals surface area contributed by atoms with E-state index < -0.39 is 0 Å². The van der Waals surface area contributed by atoms with Crippen molar-refractivity contribution in [3.8, 4) is 17.1 Å². The molecule has 1 saturated heterocycles. The average Bonchev–Trinajstić information content (AvgIpc) is 3.03. The molecule has 1 aliphatic rings. The minimum atomic E-state index is 0.151. The zero-order valence-electron chi connectivity index (χ0n) is 14.9. The van der Waals surface area contributed by atoms with Crippen LogP contribution in [-0.4, -0.2) is 44.4 Å². The monoisotopic (exact) mass is 398 g/mol. The van der Waals surface area contributed by atoms with Crippen LogP contribution in [0.5, 0.6) is 0 Å². The number of hydrogen-bond acceptors (Lipinski definition) is 4. The van der Waals surface area contributed by atoms with Gasteiger partial charge < -0.3 is 4.90 Å². The molecule has 1 aromatic heterocycles. The van der Waals surface area contributed by atoms with Gasteiger partial charge >= 0.3 is 0 Å². The number of halogens is 1. The standard InChI is InChI=1S/C20H19ClN4OS/c1-14-4-2-5-17(12-14)25-19(15-6-8-16(21)9-7-15)22-23-20(25)27-13-18(26)24-10-3-11-24/h2,4-9,12H,3,10-11,13H2,1H3. The van der Waals surface area contributed by atoms with Crippen molar-refractivity contribution in [3.05, 3.63) is 59.1 Å². The van der Waals surface area contributed by atoms with Gasteiger partial charge in [-0.15, -0.1) is 10.2 Å². The first-order valence-corrected chi connectivity index (χ1v) is 10.2. The van der Waals surface area contributed by atoms with Crippen LogP contribution < -0.4 is 0 Å². The molecule has 0 radical (unpaired) electrons. The van der Waals surface area contributed by atoms with Gasteiger partial charge in [0.1, 0.15) is 0 Å². The molecule has 0 spiro atoms. The number of hydrogen-bond donors (Lipinski definition) is 0. The molecule has 0 saturated carbocycles. The first kappa shape index (κ1) is 18.1.